The first-order valence-electron chi connectivity index (χ1n) is 9.89. The van der Waals surface area contributed by atoms with Crippen molar-refractivity contribution < 1.29 is 14.3 Å². The summed E-state index contributed by atoms with van der Waals surface area (Å²) in [6.45, 7) is 6.94. The molecule has 1 aromatic carbocycles. The van der Waals surface area contributed by atoms with Gasteiger partial charge in [-0.1, -0.05) is 18.2 Å². The van der Waals surface area contributed by atoms with Gasteiger partial charge >= 0.3 is 0 Å². The molecular weight excluding hydrogens is 356 g/mol. The smallest absolute Gasteiger partial charge is 0.254 e. The largest absolute Gasteiger partial charge is 0.481 e. The molecule has 150 valence electrons. The summed E-state index contributed by atoms with van der Waals surface area (Å²) in [7, 11) is 3.73. The van der Waals surface area contributed by atoms with Crippen LogP contribution in [0.15, 0.2) is 30.3 Å². The van der Waals surface area contributed by atoms with E-state index in [0.717, 1.165) is 43.6 Å². The van der Waals surface area contributed by atoms with E-state index in [1.807, 2.05) is 29.2 Å². The molecule has 2 saturated heterocycles. The van der Waals surface area contributed by atoms with Crippen LogP contribution < -0.4 is 4.74 Å². The molecule has 2 aliphatic heterocycles. The number of hydrogen-bond donors (Lipinski definition) is 0. The Labute approximate surface area is 165 Å². The highest BCUT2D eigenvalue weighted by Crippen LogP contribution is 2.24. The third kappa shape index (κ3) is 4.11. The number of carbonyl (C=O) groups excluding carboxylic acids is 1. The first-order chi connectivity index (χ1) is 13.6. The third-order valence-electron chi connectivity index (χ3n) is 5.62. The summed E-state index contributed by atoms with van der Waals surface area (Å²) >= 11 is 0. The number of pyridine rings is 1. The number of rotatable bonds is 4. The Balaban J connectivity index is 1.49. The SMILES string of the molecule is COc1cc(C(=O)N2CCOC(CN3CCN(C)CC3)C2)c2ccccc2n1. The number of ether oxygens (including phenoxy) is 2. The van der Waals surface area contributed by atoms with Crippen LogP contribution in [0.4, 0.5) is 0 Å². The van der Waals surface area contributed by atoms with E-state index in [4.69, 9.17) is 9.47 Å². The number of benzene rings is 1. The number of para-hydroxylation sites is 1. The van der Waals surface area contributed by atoms with E-state index in [-0.39, 0.29) is 12.0 Å². The molecule has 0 radical (unpaired) electrons. The van der Waals surface area contributed by atoms with Crippen molar-refractivity contribution in [3.63, 3.8) is 0 Å². The van der Waals surface area contributed by atoms with Gasteiger partial charge in [-0.2, -0.15) is 0 Å². The van der Waals surface area contributed by atoms with Crippen molar-refractivity contribution in [2.45, 2.75) is 6.10 Å². The summed E-state index contributed by atoms with van der Waals surface area (Å²) in [6, 6.07) is 9.45. The Morgan fingerprint density at radius 2 is 2.00 bits per heavy atom. The van der Waals surface area contributed by atoms with Crippen LogP contribution in [0.5, 0.6) is 5.88 Å². The zero-order valence-corrected chi connectivity index (χ0v) is 16.6. The van der Waals surface area contributed by atoms with Gasteiger partial charge in [-0.05, 0) is 13.1 Å². The van der Waals surface area contributed by atoms with Gasteiger partial charge in [0.2, 0.25) is 5.88 Å². The molecule has 7 heteroatoms. The van der Waals surface area contributed by atoms with Gasteiger partial charge in [0.1, 0.15) is 0 Å². The van der Waals surface area contributed by atoms with Gasteiger partial charge in [0, 0.05) is 57.3 Å². The van der Waals surface area contributed by atoms with E-state index in [2.05, 4.69) is 21.8 Å². The number of fused-ring (bicyclic) bond motifs is 1. The van der Waals surface area contributed by atoms with Crippen molar-refractivity contribution in [2.24, 2.45) is 0 Å². The van der Waals surface area contributed by atoms with E-state index < -0.39 is 0 Å². The van der Waals surface area contributed by atoms with Crippen LogP contribution in [0.25, 0.3) is 10.9 Å². The Hall–Kier alpha value is -2.22. The quantitative estimate of drug-likeness (QED) is 0.793. The minimum atomic E-state index is 0.0172. The number of morpholine rings is 1. The van der Waals surface area contributed by atoms with Gasteiger partial charge in [-0.15, -0.1) is 0 Å². The molecule has 2 fully saturated rings. The molecule has 1 aromatic heterocycles. The van der Waals surface area contributed by atoms with Gasteiger partial charge in [-0.3, -0.25) is 9.69 Å². The number of amides is 1. The Bertz CT molecular complexity index is 836. The second-order valence-electron chi connectivity index (χ2n) is 7.58. The molecule has 0 bridgehead atoms. The van der Waals surface area contributed by atoms with Gasteiger partial charge < -0.3 is 19.3 Å². The maximum absolute atomic E-state index is 13.3. The molecule has 28 heavy (non-hydrogen) atoms. The second kappa shape index (κ2) is 8.43. The van der Waals surface area contributed by atoms with Crippen molar-refractivity contribution in [1.82, 2.24) is 19.7 Å². The highest BCUT2D eigenvalue weighted by molar-refractivity contribution is 6.06. The van der Waals surface area contributed by atoms with Gasteiger partial charge in [-0.25, -0.2) is 4.98 Å². The summed E-state index contributed by atoms with van der Waals surface area (Å²) in [5, 5.41) is 0.857. The highest BCUT2D eigenvalue weighted by Gasteiger charge is 2.28. The lowest BCUT2D eigenvalue weighted by molar-refractivity contribution is -0.0399. The zero-order chi connectivity index (χ0) is 19.5. The number of piperazine rings is 1. The van der Waals surface area contributed by atoms with Gasteiger partial charge in [0.15, 0.2) is 0 Å². The van der Waals surface area contributed by atoms with E-state index in [1.54, 1.807) is 13.2 Å². The number of nitrogens with zero attached hydrogens (tertiary/aromatic N) is 4. The molecular formula is C21H28N4O3. The lowest BCUT2D eigenvalue weighted by atomic mass is 10.1. The molecule has 2 aliphatic rings. The lowest BCUT2D eigenvalue weighted by Crippen LogP contribution is -2.52. The molecule has 7 nitrogen and oxygen atoms in total. The molecule has 3 heterocycles. The average molecular weight is 384 g/mol. The molecule has 0 saturated carbocycles. The molecule has 1 amide bonds. The van der Waals surface area contributed by atoms with Crippen molar-refractivity contribution in [3.8, 4) is 5.88 Å². The van der Waals surface area contributed by atoms with E-state index in [0.29, 0.717) is 31.1 Å². The number of aromatic nitrogens is 1. The van der Waals surface area contributed by atoms with Gasteiger partial charge in [0.25, 0.3) is 5.91 Å². The van der Waals surface area contributed by atoms with Crippen LogP contribution >= 0.6 is 0 Å². The summed E-state index contributed by atoms with van der Waals surface area (Å²) < 4.78 is 11.3. The van der Waals surface area contributed by atoms with Crippen LogP contribution in [0.1, 0.15) is 10.4 Å². The molecule has 2 aromatic rings. The summed E-state index contributed by atoms with van der Waals surface area (Å²) in [5.74, 6) is 0.480. The summed E-state index contributed by atoms with van der Waals surface area (Å²) in [4.78, 5) is 24.5. The fraction of sp³-hybridized carbons (Fsp3) is 0.524. The van der Waals surface area contributed by atoms with E-state index in [1.165, 1.54) is 0 Å². The molecule has 4 rings (SSSR count). The number of carbonyl (C=O) groups is 1. The fourth-order valence-electron chi connectivity index (χ4n) is 3.94. The predicted octanol–water partition coefficient (Wildman–Crippen LogP) is 1.33. The lowest BCUT2D eigenvalue weighted by Gasteiger charge is -2.38. The Morgan fingerprint density at radius 1 is 1.21 bits per heavy atom. The maximum atomic E-state index is 13.3. The average Bonchev–Trinajstić information content (AvgIpc) is 2.74. The minimum absolute atomic E-state index is 0.0172. The molecule has 1 unspecified atom stereocenters. The maximum Gasteiger partial charge on any atom is 0.254 e. The van der Waals surface area contributed by atoms with Crippen molar-refractivity contribution in [3.05, 3.63) is 35.9 Å². The normalized spacial score (nSPS) is 21.8. The Kier molecular flexibility index (Phi) is 5.75. The molecule has 0 aliphatic carbocycles. The fourth-order valence-corrected chi connectivity index (χ4v) is 3.94. The van der Waals surface area contributed by atoms with Crippen LogP contribution in [-0.4, -0.2) is 98.3 Å². The highest BCUT2D eigenvalue weighted by atomic mass is 16.5. The first kappa shape index (κ1) is 19.1. The molecule has 0 N–H and O–H groups in total. The van der Waals surface area contributed by atoms with Gasteiger partial charge in [0.05, 0.1) is 30.9 Å². The summed E-state index contributed by atoms with van der Waals surface area (Å²) in [6.07, 6.45) is 0.0519. The van der Waals surface area contributed by atoms with Crippen LogP contribution in [0.3, 0.4) is 0 Å². The van der Waals surface area contributed by atoms with Crippen molar-refractivity contribution >= 4 is 16.8 Å². The molecule has 1 atom stereocenters. The Morgan fingerprint density at radius 3 is 2.79 bits per heavy atom. The zero-order valence-electron chi connectivity index (χ0n) is 16.6. The minimum Gasteiger partial charge on any atom is -0.481 e. The van der Waals surface area contributed by atoms with Crippen molar-refractivity contribution in [2.75, 3.05) is 66.6 Å². The van der Waals surface area contributed by atoms with E-state index >= 15 is 0 Å². The number of likely N-dealkylation sites (N-methyl/N-ethyl adjacent to an activating group) is 1. The summed E-state index contributed by atoms with van der Waals surface area (Å²) in [5.41, 5.74) is 1.41. The first-order valence-corrected chi connectivity index (χ1v) is 9.89. The number of methoxy groups -OCH3 is 1. The van der Waals surface area contributed by atoms with Crippen LogP contribution in [0, 0.1) is 0 Å². The standard InChI is InChI=1S/C21H28N4O3/c1-23-7-9-24(10-8-23)14-16-15-25(11-12-28-16)21(26)18-13-20(27-2)22-19-6-4-3-5-17(18)19/h3-6,13,16H,7-12,14-15H2,1-2H3. The monoisotopic (exact) mass is 384 g/mol. The van der Waals surface area contributed by atoms with Crippen LogP contribution in [0.2, 0.25) is 0 Å². The van der Waals surface area contributed by atoms with Crippen molar-refractivity contribution in [1.29, 1.82) is 0 Å². The van der Waals surface area contributed by atoms with Crippen LogP contribution in [-0.2, 0) is 4.74 Å². The van der Waals surface area contributed by atoms with E-state index in [9.17, 15) is 4.79 Å². The predicted molar refractivity (Wildman–Crippen MR) is 108 cm³/mol. The topological polar surface area (TPSA) is 58.1 Å². The number of hydrogen-bond acceptors (Lipinski definition) is 6. The third-order valence-corrected chi connectivity index (χ3v) is 5.62. The molecule has 0 spiro atoms. The second-order valence-corrected chi connectivity index (χ2v) is 7.58.